The molecule has 1 aromatic heterocycles. The minimum atomic E-state index is 0.308. The summed E-state index contributed by atoms with van der Waals surface area (Å²) < 4.78 is 7.85. The van der Waals surface area contributed by atoms with Crippen LogP contribution in [0.3, 0.4) is 0 Å². The number of hydrogen-bond acceptors (Lipinski definition) is 4. The number of nitrogens with one attached hydrogen (secondary N) is 1. The number of aromatic nitrogens is 2. The lowest BCUT2D eigenvalue weighted by molar-refractivity contribution is 0.00849. The fourth-order valence-electron chi connectivity index (χ4n) is 2.51. The maximum atomic E-state index is 5.74. The molecule has 0 amide bonds. The highest BCUT2D eigenvalue weighted by atomic mass is 16.5. The maximum Gasteiger partial charge on any atom is 0.0826 e. The van der Waals surface area contributed by atoms with E-state index in [1.165, 1.54) is 11.4 Å². The monoisotopic (exact) mass is 266 g/mol. The van der Waals surface area contributed by atoms with Crippen LogP contribution in [0.1, 0.15) is 25.2 Å². The predicted octanol–water partition coefficient (Wildman–Crippen LogP) is 0.886. The van der Waals surface area contributed by atoms with Gasteiger partial charge in [0.05, 0.1) is 24.1 Å². The standard InChI is InChI=1S/C14H26N4O/c1-4-12-8-13(18(5-2)16-12)10-17(3)11-14-9-15-6-7-19-14/h8,14-15H,4-7,9-11H2,1-3H3. The van der Waals surface area contributed by atoms with E-state index in [0.29, 0.717) is 6.10 Å². The smallest absolute Gasteiger partial charge is 0.0826 e. The summed E-state index contributed by atoms with van der Waals surface area (Å²) in [4.78, 5) is 2.32. The molecule has 19 heavy (non-hydrogen) atoms. The number of morpholine rings is 1. The molecule has 1 fully saturated rings. The molecular weight excluding hydrogens is 240 g/mol. The fraction of sp³-hybridized carbons (Fsp3) is 0.786. The van der Waals surface area contributed by atoms with Crippen molar-refractivity contribution in [2.24, 2.45) is 0 Å². The average Bonchev–Trinajstić information content (AvgIpc) is 2.82. The molecule has 1 aliphatic heterocycles. The van der Waals surface area contributed by atoms with Crippen LogP contribution in [0.5, 0.6) is 0 Å². The molecule has 5 heteroatoms. The molecule has 1 aliphatic rings. The first-order valence-corrected chi connectivity index (χ1v) is 7.29. The molecule has 2 heterocycles. The Morgan fingerprint density at radius 1 is 1.53 bits per heavy atom. The van der Waals surface area contributed by atoms with Crippen molar-refractivity contribution in [3.05, 3.63) is 17.5 Å². The van der Waals surface area contributed by atoms with E-state index < -0.39 is 0 Å². The highest BCUT2D eigenvalue weighted by Gasteiger charge is 2.16. The van der Waals surface area contributed by atoms with Gasteiger partial charge in [-0.15, -0.1) is 0 Å². The van der Waals surface area contributed by atoms with Gasteiger partial charge < -0.3 is 10.1 Å². The molecule has 0 aromatic carbocycles. The van der Waals surface area contributed by atoms with Crippen molar-refractivity contribution in [1.29, 1.82) is 0 Å². The van der Waals surface area contributed by atoms with E-state index in [-0.39, 0.29) is 0 Å². The summed E-state index contributed by atoms with van der Waals surface area (Å²) >= 11 is 0. The van der Waals surface area contributed by atoms with Gasteiger partial charge in [0, 0.05) is 32.7 Å². The van der Waals surface area contributed by atoms with Gasteiger partial charge in [0.2, 0.25) is 0 Å². The number of nitrogens with zero attached hydrogens (tertiary/aromatic N) is 3. The van der Waals surface area contributed by atoms with Crippen molar-refractivity contribution < 1.29 is 4.74 Å². The number of aryl methyl sites for hydroxylation is 2. The van der Waals surface area contributed by atoms with E-state index in [1.807, 2.05) is 0 Å². The summed E-state index contributed by atoms with van der Waals surface area (Å²) in [5, 5.41) is 7.96. The third-order valence-electron chi connectivity index (χ3n) is 3.53. The molecule has 0 saturated carbocycles. The van der Waals surface area contributed by atoms with Crippen LogP contribution in [-0.4, -0.2) is 54.1 Å². The van der Waals surface area contributed by atoms with Crippen molar-refractivity contribution in [3.63, 3.8) is 0 Å². The van der Waals surface area contributed by atoms with Crippen LogP contribution < -0.4 is 5.32 Å². The largest absolute Gasteiger partial charge is 0.374 e. The molecule has 0 radical (unpaired) electrons. The summed E-state index contributed by atoms with van der Waals surface area (Å²) in [7, 11) is 2.15. The van der Waals surface area contributed by atoms with Crippen molar-refractivity contribution in [3.8, 4) is 0 Å². The molecule has 1 N–H and O–H groups in total. The SMILES string of the molecule is CCc1cc(CN(C)CC2CNCCO2)n(CC)n1. The fourth-order valence-corrected chi connectivity index (χ4v) is 2.51. The van der Waals surface area contributed by atoms with E-state index in [4.69, 9.17) is 4.74 Å². The molecule has 108 valence electrons. The van der Waals surface area contributed by atoms with Crippen LogP contribution in [0.25, 0.3) is 0 Å². The maximum absolute atomic E-state index is 5.74. The van der Waals surface area contributed by atoms with E-state index in [1.54, 1.807) is 0 Å². The highest BCUT2D eigenvalue weighted by molar-refractivity contribution is 5.10. The Morgan fingerprint density at radius 2 is 2.37 bits per heavy atom. The number of ether oxygens (including phenoxy) is 1. The van der Waals surface area contributed by atoms with Crippen molar-refractivity contribution in [1.82, 2.24) is 20.0 Å². The quantitative estimate of drug-likeness (QED) is 0.830. The van der Waals surface area contributed by atoms with Crippen LogP contribution in [0.2, 0.25) is 0 Å². The van der Waals surface area contributed by atoms with Crippen LogP contribution in [0.15, 0.2) is 6.07 Å². The topological polar surface area (TPSA) is 42.3 Å². The van der Waals surface area contributed by atoms with Gasteiger partial charge in [-0.1, -0.05) is 6.92 Å². The molecule has 0 spiro atoms. The van der Waals surface area contributed by atoms with E-state index in [9.17, 15) is 0 Å². The predicted molar refractivity (Wildman–Crippen MR) is 76.2 cm³/mol. The highest BCUT2D eigenvalue weighted by Crippen LogP contribution is 2.09. The first-order chi connectivity index (χ1) is 9.22. The second-order valence-corrected chi connectivity index (χ2v) is 5.19. The zero-order valence-electron chi connectivity index (χ0n) is 12.4. The van der Waals surface area contributed by atoms with Crippen molar-refractivity contribution >= 4 is 0 Å². The van der Waals surface area contributed by atoms with Crippen LogP contribution in [-0.2, 0) is 24.2 Å². The molecular formula is C14H26N4O. The van der Waals surface area contributed by atoms with Gasteiger partial charge in [-0.05, 0) is 26.5 Å². The molecule has 1 saturated heterocycles. The van der Waals surface area contributed by atoms with Crippen LogP contribution >= 0.6 is 0 Å². The van der Waals surface area contributed by atoms with Crippen molar-refractivity contribution in [2.75, 3.05) is 33.3 Å². The van der Waals surface area contributed by atoms with Crippen molar-refractivity contribution in [2.45, 2.75) is 39.5 Å². The molecule has 0 bridgehead atoms. The Morgan fingerprint density at radius 3 is 3.00 bits per heavy atom. The summed E-state index contributed by atoms with van der Waals surface area (Å²) in [6.07, 6.45) is 1.31. The average molecular weight is 266 g/mol. The molecule has 1 atom stereocenters. The Labute approximate surface area is 115 Å². The summed E-state index contributed by atoms with van der Waals surface area (Å²) in [5.41, 5.74) is 2.48. The van der Waals surface area contributed by atoms with Gasteiger partial charge >= 0.3 is 0 Å². The second kappa shape index (κ2) is 7.03. The van der Waals surface area contributed by atoms with E-state index in [2.05, 4.69) is 47.0 Å². The van der Waals surface area contributed by atoms with Gasteiger partial charge in [0.1, 0.15) is 0 Å². The van der Waals surface area contributed by atoms with Gasteiger partial charge in [-0.3, -0.25) is 9.58 Å². The normalized spacial score (nSPS) is 20.1. The molecule has 1 aromatic rings. The number of likely N-dealkylation sites (N-methyl/N-ethyl adjacent to an activating group) is 1. The Hall–Kier alpha value is -0.910. The summed E-state index contributed by atoms with van der Waals surface area (Å²) in [5.74, 6) is 0. The first kappa shape index (κ1) is 14.5. The molecule has 1 unspecified atom stereocenters. The zero-order valence-corrected chi connectivity index (χ0v) is 12.4. The minimum Gasteiger partial charge on any atom is -0.374 e. The second-order valence-electron chi connectivity index (χ2n) is 5.19. The van der Waals surface area contributed by atoms with E-state index in [0.717, 1.165) is 45.8 Å². The van der Waals surface area contributed by atoms with E-state index >= 15 is 0 Å². The van der Waals surface area contributed by atoms with Crippen LogP contribution in [0, 0.1) is 0 Å². The van der Waals surface area contributed by atoms with Gasteiger partial charge in [-0.25, -0.2) is 0 Å². The minimum absolute atomic E-state index is 0.308. The van der Waals surface area contributed by atoms with Gasteiger partial charge in [-0.2, -0.15) is 5.10 Å². The number of hydrogen-bond donors (Lipinski definition) is 1. The molecule has 5 nitrogen and oxygen atoms in total. The number of rotatable bonds is 6. The Bertz CT molecular complexity index is 385. The van der Waals surface area contributed by atoms with Gasteiger partial charge in [0.25, 0.3) is 0 Å². The lowest BCUT2D eigenvalue weighted by Crippen LogP contribution is -2.44. The third kappa shape index (κ3) is 4.03. The summed E-state index contributed by atoms with van der Waals surface area (Å²) in [6.45, 7) is 9.88. The third-order valence-corrected chi connectivity index (χ3v) is 3.53. The first-order valence-electron chi connectivity index (χ1n) is 7.29. The molecule has 2 rings (SSSR count). The summed E-state index contributed by atoms with van der Waals surface area (Å²) in [6, 6.07) is 2.22. The Kier molecular flexibility index (Phi) is 5.36. The molecule has 0 aliphatic carbocycles. The van der Waals surface area contributed by atoms with Crippen LogP contribution in [0.4, 0.5) is 0 Å². The zero-order chi connectivity index (χ0) is 13.7. The Balaban J connectivity index is 1.90. The van der Waals surface area contributed by atoms with Gasteiger partial charge in [0.15, 0.2) is 0 Å². The lowest BCUT2D eigenvalue weighted by atomic mass is 10.2. The lowest BCUT2D eigenvalue weighted by Gasteiger charge is -2.28.